The van der Waals surface area contributed by atoms with E-state index in [1.54, 1.807) is 23.6 Å². The number of hydrogen-bond acceptors (Lipinski definition) is 5. The standard InChI is InChI=1S/C52H59NO5/c1-19(56)53-20-8-9-21-22(10-20)26-13-25(21)39-40(26)50(3)42-28-14-27(41(42)49(39,50)2)23-11-31-32(12-24(23)28)48(58-7)38-34-16-33(37(38)47(31)57-6)45-46(34)52(5)44-30-15-29(43(44)51(45,52)4)35(17-54)36(30)18-55/h8-12,25-30,33-36,39-46,54-55H,13-18H2,1-7H3,(H,53,56)/t25-,26+,27+,28-,29+,30-,33+,34-,35-,36+,39?,40?,41?,42?,43?,44?,45?,46?,49-,50+,51+,52-/m0/s1. The van der Waals surface area contributed by atoms with Crippen LogP contribution in [0.1, 0.15) is 129 Å². The summed E-state index contributed by atoms with van der Waals surface area (Å²) in [6.07, 6.45) is 5.01. The molecule has 22 atom stereocenters. The van der Waals surface area contributed by atoms with Crippen molar-refractivity contribution in [2.24, 2.45) is 92.7 Å². The van der Waals surface area contributed by atoms with E-state index in [2.05, 4.69) is 63.3 Å². The number of amides is 1. The number of methoxy groups -OCH3 is 2. The van der Waals surface area contributed by atoms with Crippen molar-refractivity contribution >= 4 is 22.4 Å². The topological polar surface area (TPSA) is 88.0 Å². The van der Waals surface area contributed by atoms with E-state index in [-0.39, 0.29) is 41.8 Å². The first-order chi connectivity index (χ1) is 27.9. The number of nitrogens with one attached hydrogen (secondary N) is 1. The Morgan fingerprint density at radius 2 is 0.983 bits per heavy atom. The number of benzene rings is 3. The van der Waals surface area contributed by atoms with Crippen LogP contribution in [0.5, 0.6) is 11.5 Å². The highest BCUT2D eigenvalue weighted by molar-refractivity contribution is 5.99. The van der Waals surface area contributed by atoms with Crippen LogP contribution >= 0.6 is 0 Å². The molecule has 302 valence electrons. The third-order valence-corrected chi connectivity index (χ3v) is 23.7. The molecule has 1 amide bonds. The molecule has 8 unspecified atom stereocenters. The fraction of sp³-hybridized carbons (Fsp3) is 0.673. The zero-order chi connectivity index (χ0) is 39.2. The molecule has 0 radical (unpaired) electrons. The third kappa shape index (κ3) is 2.84. The van der Waals surface area contributed by atoms with Gasteiger partial charge in [-0.1, -0.05) is 33.8 Å². The summed E-state index contributed by atoms with van der Waals surface area (Å²) < 4.78 is 13.3. The highest BCUT2D eigenvalue weighted by Crippen LogP contribution is 2.97. The van der Waals surface area contributed by atoms with Crippen LogP contribution in [0.2, 0.25) is 0 Å². The molecule has 6 nitrogen and oxygen atoms in total. The fourth-order valence-electron chi connectivity index (χ4n) is 22.9. The van der Waals surface area contributed by atoms with Crippen LogP contribution in [0, 0.1) is 92.7 Å². The van der Waals surface area contributed by atoms with Gasteiger partial charge in [-0.25, -0.2) is 0 Å². The molecule has 12 aliphatic rings. The van der Waals surface area contributed by atoms with E-state index in [0.717, 1.165) is 40.9 Å². The van der Waals surface area contributed by atoms with E-state index in [0.29, 0.717) is 81.8 Å². The van der Waals surface area contributed by atoms with Gasteiger partial charge in [-0.15, -0.1) is 0 Å². The number of hydrogen-bond donors (Lipinski definition) is 3. The predicted octanol–water partition coefficient (Wildman–Crippen LogP) is 9.14. The molecule has 0 saturated heterocycles. The molecular weight excluding hydrogens is 719 g/mol. The number of rotatable bonds is 5. The van der Waals surface area contributed by atoms with Crippen molar-refractivity contribution in [3.8, 4) is 11.5 Å². The zero-order valence-electron chi connectivity index (χ0n) is 35.1. The summed E-state index contributed by atoms with van der Waals surface area (Å²) in [5, 5.41) is 26.8. The van der Waals surface area contributed by atoms with Crippen molar-refractivity contribution in [1.82, 2.24) is 0 Å². The van der Waals surface area contributed by atoms with Crippen molar-refractivity contribution < 1.29 is 24.5 Å². The first-order valence-electron chi connectivity index (χ1n) is 23.3. The normalized spacial score (nSPS) is 54.2. The summed E-state index contributed by atoms with van der Waals surface area (Å²) in [4.78, 5) is 12.0. The molecule has 3 aromatic rings. The minimum Gasteiger partial charge on any atom is -0.496 e. The van der Waals surface area contributed by atoms with Gasteiger partial charge in [-0.3, -0.25) is 4.79 Å². The number of aliphatic hydroxyl groups excluding tert-OH is 2. The lowest BCUT2D eigenvalue weighted by Gasteiger charge is -2.84. The third-order valence-electron chi connectivity index (χ3n) is 23.7. The molecule has 12 aliphatic carbocycles. The highest BCUT2D eigenvalue weighted by Gasteiger charge is 2.91. The van der Waals surface area contributed by atoms with Gasteiger partial charge < -0.3 is 25.0 Å². The molecule has 0 aliphatic heterocycles. The summed E-state index contributed by atoms with van der Waals surface area (Å²) in [6, 6.07) is 12.1. The van der Waals surface area contributed by atoms with E-state index >= 15 is 0 Å². The second kappa shape index (κ2) is 9.67. The van der Waals surface area contributed by atoms with Gasteiger partial charge >= 0.3 is 0 Å². The minimum absolute atomic E-state index is 0.0112. The number of aliphatic hydroxyl groups is 2. The molecular formula is C52H59NO5. The van der Waals surface area contributed by atoms with Gasteiger partial charge in [0.15, 0.2) is 0 Å². The Kier molecular flexibility index (Phi) is 5.60. The lowest BCUT2D eigenvalue weighted by atomic mass is 9.19. The van der Waals surface area contributed by atoms with Gasteiger partial charge in [0.2, 0.25) is 5.91 Å². The minimum atomic E-state index is 0.0112. The van der Waals surface area contributed by atoms with Gasteiger partial charge in [-0.2, -0.15) is 0 Å². The maximum absolute atomic E-state index is 12.0. The van der Waals surface area contributed by atoms with Crippen LogP contribution in [-0.2, 0) is 4.79 Å². The van der Waals surface area contributed by atoms with Crippen LogP contribution in [0.15, 0.2) is 30.3 Å². The van der Waals surface area contributed by atoms with Crippen molar-refractivity contribution in [1.29, 1.82) is 0 Å². The number of ether oxygens (including phenoxy) is 2. The SMILES string of the molecule is COc1c2c(c(OC)c3cc4c(cc13)[C@H]1C[C@@H]4C3C1[C@]1(C)C4C([C@@H]5C[C@H]4c4ccc(NC(C)=O)cc45)[C@]31C)[C@@H]1C[C@H]2C2C1[C@]1(C)C3C([C@@H]4C[C@H]3[C@@H](CO)[C@H]4CO)[C@]21C. The Hall–Kier alpha value is -3.09. The first-order valence-corrected chi connectivity index (χ1v) is 23.3. The van der Waals surface area contributed by atoms with Crippen LogP contribution in [-0.4, -0.2) is 43.6 Å². The number of carbonyl (C=O) groups is 1. The van der Waals surface area contributed by atoms with Crippen molar-refractivity contribution in [3.63, 3.8) is 0 Å². The van der Waals surface area contributed by atoms with Gasteiger partial charge in [0.05, 0.1) is 14.2 Å². The number of anilines is 1. The molecule has 0 heterocycles. The van der Waals surface area contributed by atoms with Crippen LogP contribution in [0.4, 0.5) is 5.69 Å². The quantitative estimate of drug-likeness (QED) is 0.225. The van der Waals surface area contributed by atoms with E-state index < -0.39 is 0 Å². The largest absolute Gasteiger partial charge is 0.496 e. The maximum Gasteiger partial charge on any atom is 0.221 e. The van der Waals surface area contributed by atoms with Crippen molar-refractivity contribution in [3.05, 3.63) is 63.7 Å². The van der Waals surface area contributed by atoms with E-state index in [9.17, 15) is 15.0 Å². The summed E-state index contributed by atoms with van der Waals surface area (Å²) >= 11 is 0. The van der Waals surface area contributed by atoms with Crippen LogP contribution < -0.4 is 14.8 Å². The molecule has 3 aromatic carbocycles. The average molecular weight is 778 g/mol. The lowest BCUT2D eigenvalue weighted by molar-refractivity contribution is -0.371. The second-order valence-corrected chi connectivity index (χ2v) is 23.4. The van der Waals surface area contributed by atoms with Gasteiger partial charge in [-0.05, 0) is 200 Å². The Balaban J connectivity index is 0.832. The average Bonchev–Trinajstić information content (AvgIpc) is 4.10. The Labute approximate surface area is 342 Å². The molecule has 3 N–H and O–H groups in total. The zero-order valence-corrected chi connectivity index (χ0v) is 35.1. The van der Waals surface area contributed by atoms with Crippen molar-refractivity contribution in [2.75, 3.05) is 32.8 Å². The molecule has 8 bridgehead atoms. The van der Waals surface area contributed by atoms with Gasteiger partial charge in [0.25, 0.3) is 0 Å². The molecule has 58 heavy (non-hydrogen) atoms. The summed E-state index contributed by atoms with van der Waals surface area (Å²) in [5.74, 6) is 13.1. The fourth-order valence-corrected chi connectivity index (χ4v) is 22.9. The summed E-state index contributed by atoms with van der Waals surface area (Å²) in [7, 11) is 3.86. The monoisotopic (exact) mass is 777 g/mol. The van der Waals surface area contributed by atoms with Crippen LogP contribution in [0.3, 0.4) is 0 Å². The summed E-state index contributed by atoms with van der Waals surface area (Å²) in [6.45, 7) is 12.8. The van der Waals surface area contributed by atoms with Gasteiger partial charge in [0, 0.05) is 47.7 Å². The first kappa shape index (κ1) is 33.6. The Morgan fingerprint density at radius 1 is 0.586 bits per heavy atom. The number of carbonyl (C=O) groups excluding carboxylic acids is 1. The molecule has 0 spiro atoms. The smallest absolute Gasteiger partial charge is 0.221 e. The molecule has 9 fully saturated rings. The summed E-state index contributed by atoms with van der Waals surface area (Å²) in [5.41, 5.74) is 11.5. The van der Waals surface area contributed by atoms with Gasteiger partial charge in [0.1, 0.15) is 11.5 Å². The van der Waals surface area contributed by atoms with E-state index in [4.69, 9.17) is 9.47 Å². The predicted molar refractivity (Wildman–Crippen MR) is 221 cm³/mol. The maximum atomic E-state index is 12.0. The highest BCUT2D eigenvalue weighted by atomic mass is 16.5. The molecule has 0 aromatic heterocycles. The molecule has 6 heteroatoms. The van der Waals surface area contributed by atoms with E-state index in [1.165, 1.54) is 53.1 Å². The Bertz CT molecular complexity index is 2510. The van der Waals surface area contributed by atoms with Crippen LogP contribution in [0.25, 0.3) is 10.8 Å². The second-order valence-electron chi connectivity index (χ2n) is 23.4. The van der Waals surface area contributed by atoms with Crippen molar-refractivity contribution in [2.45, 2.75) is 95.8 Å². The Morgan fingerprint density at radius 3 is 1.41 bits per heavy atom. The molecule has 15 rings (SSSR count). The number of fused-ring (bicyclic) bond motifs is 40. The molecule has 9 saturated carbocycles. The lowest BCUT2D eigenvalue weighted by Crippen LogP contribution is -2.81. The van der Waals surface area contributed by atoms with E-state index in [1.807, 2.05) is 14.2 Å².